The maximum atomic E-state index is 11.1. The second kappa shape index (κ2) is 4.00. The molecule has 0 amide bonds. The lowest BCUT2D eigenvalue weighted by Crippen LogP contribution is -1.99. The number of hydrogen-bond acceptors (Lipinski definition) is 3. The van der Waals surface area contributed by atoms with Crippen LogP contribution in [-0.4, -0.2) is 14.7 Å². The molecule has 0 aromatic heterocycles. The molecule has 0 saturated carbocycles. The maximum Gasteiger partial charge on any atom is 0.175 e. The summed E-state index contributed by atoms with van der Waals surface area (Å²) in [5.41, 5.74) is 0. The van der Waals surface area contributed by atoms with E-state index in [0.29, 0.717) is 10.6 Å². The summed E-state index contributed by atoms with van der Waals surface area (Å²) < 4.78 is 27.5. The monoisotopic (exact) mass is 213 g/mol. The van der Waals surface area contributed by atoms with Crippen LogP contribution < -0.4 is 4.74 Å². The lowest BCUT2D eigenvalue weighted by Gasteiger charge is -2.08. The molecule has 4 heteroatoms. The van der Waals surface area contributed by atoms with Crippen LogP contribution in [0.3, 0.4) is 0 Å². The molecular weight excluding hydrogens is 200 g/mol. The quantitative estimate of drug-likeness (QED) is 0.771. The molecule has 0 bridgehead atoms. The molecule has 3 nitrogen and oxygen atoms in total. The van der Waals surface area contributed by atoms with Crippen LogP contribution in [0.5, 0.6) is 5.75 Å². The van der Waals surface area contributed by atoms with E-state index in [1.807, 2.05) is 13.8 Å². The summed E-state index contributed by atoms with van der Waals surface area (Å²) in [5.74, 6) is 0.650. The summed E-state index contributed by atoms with van der Waals surface area (Å²) in [4.78, 5) is 0.304. The fraction of sp³-hybridized carbons (Fsp3) is 0.300. The van der Waals surface area contributed by atoms with E-state index in [4.69, 9.17) is 4.74 Å². The first-order valence-electron chi connectivity index (χ1n) is 4.18. The highest BCUT2D eigenvalue weighted by molar-refractivity contribution is 7.90. The maximum absolute atomic E-state index is 11.1. The highest BCUT2D eigenvalue weighted by Gasteiger charge is 2.06. The largest absolute Gasteiger partial charge is 0.484 e. The lowest BCUT2D eigenvalue weighted by atomic mass is 10.3. The first-order chi connectivity index (χ1) is 6.39. The Morgan fingerprint density at radius 1 is 1.14 bits per heavy atom. The zero-order valence-corrected chi connectivity index (χ0v) is 9.26. The van der Waals surface area contributed by atoms with Gasteiger partial charge in [0.2, 0.25) is 0 Å². The zero-order valence-electron chi connectivity index (χ0n) is 8.44. The standard InChI is InChI=1S/C10H13O3S/c1-8(2)13-9-4-6-10(7-5-9)14(3,11)12/h4-7H,1-3H3. The summed E-state index contributed by atoms with van der Waals surface area (Å²) >= 11 is 0. The molecular formula is C10H13O3S. The first kappa shape index (κ1) is 11.0. The minimum atomic E-state index is -3.11. The van der Waals surface area contributed by atoms with Crippen LogP contribution in [0, 0.1) is 6.10 Å². The van der Waals surface area contributed by atoms with Crippen LogP contribution >= 0.6 is 0 Å². The summed E-state index contributed by atoms with van der Waals surface area (Å²) in [5, 5.41) is 0. The predicted molar refractivity (Wildman–Crippen MR) is 54.8 cm³/mol. The van der Waals surface area contributed by atoms with Crippen LogP contribution in [0.15, 0.2) is 29.2 Å². The molecule has 14 heavy (non-hydrogen) atoms. The van der Waals surface area contributed by atoms with Crippen molar-refractivity contribution in [2.24, 2.45) is 0 Å². The highest BCUT2D eigenvalue weighted by Crippen LogP contribution is 2.18. The van der Waals surface area contributed by atoms with E-state index >= 15 is 0 Å². The Hall–Kier alpha value is -1.03. The minimum Gasteiger partial charge on any atom is -0.484 e. The predicted octanol–water partition coefficient (Wildman–Crippen LogP) is 2.04. The van der Waals surface area contributed by atoms with Gasteiger partial charge in [0.1, 0.15) is 11.9 Å². The Labute approximate surface area is 84.6 Å². The van der Waals surface area contributed by atoms with Gasteiger partial charge in [-0.3, -0.25) is 0 Å². The number of sulfone groups is 1. The fourth-order valence-electron chi connectivity index (χ4n) is 0.991. The molecule has 0 aliphatic rings. The van der Waals surface area contributed by atoms with Crippen LogP contribution in [0.25, 0.3) is 0 Å². The van der Waals surface area contributed by atoms with Crippen molar-refractivity contribution in [1.29, 1.82) is 0 Å². The lowest BCUT2D eigenvalue weighted by molar-refractivity contribution is 0.345. The van der Waals surface area contributed by atoms with E-state index < -0.39 is 9.84 Å². The molecule has 0 fully saturated rings. The van der Waals surface area contributed by atoms with Gasteiger partial charge in [0.05, 0.1) is 4.90 Å². The molecule has 0 unspecified atom stereocenters. The molecule has 0 heterocycles. The van der Waals surface area contributed by atoms with E-state index in [9.17, 15) is 8.42 Å². The molecule has 0 spiro atoms. The van der Waals surface area contributed by atoms with Gasteiger partial charge in [-0.25, -0.2) is 8.42 Å². The fourth-order valence-corrected chi connectivity index (χ4v) is 1.62. The van der Waals surface area contributed by atoms with E-state index in [1.165, 1.54) is 18.4 Å². The van der Waals surface area contributed by atoms with Gasteiger partial charge in [0.15, 0.2) is 9.84 Å². The highest BCUT2D eigenvalue weighted by atomic mass is 32.2. The molecule has 0 N–H and O–H groups in total. The number of hydrogen-bond donors (Lipinski definition) is 0. The molecule has 0 saturated heterocycles. The average molecular weight is 213 g/mol. The second-order valence-corrected chi connectivity index (χ2v) is 5.27. The van der Waals surface area contributed by atoms with Crippen molar-refractivity contribution in [3.63, 3.8) is 0 Å². The van der Waals surface area contributed by atoms with Gasteiger partial charge in [-0.1, -0.05) is 0 Å². The van der Waals surface area contributed by atoms with Crippen LogP contribution in [0.4, 0.5) is 0 Å². The Morgan fingerprint density at radius 3 is 2.00 bits per heavy atom. The normalized spacial score (nSPS) is 11.7. The van der Waals surface area contributed by atoms with Gasteiger partial charge in [-0.05, 0) is 38.1 Å². The summed E-state index contributed by atoms with van der Waals surface area (Å²) in [6.07, 6.45) is 2.00. The Balaban J connectivity index is 2.90. The first-order valence-corrected chi connectivity index (χ1v) is 6.07. The van der Waals surface area contributed by atoms with E-state index in [0.717, 1.165) is 6.10 Å². The van der Waals surface area contributed by atoms with Gasteiger partial charge in [-0.2, -0.15) is 0 Å². The third-order valence-corrected chi connectivity index (χ3v) is 2.70. The van der Waals surface area contributed by atoms with E-state index in [2.05, 4.69) is 0 Å². The average Bonchev–Trinajstić information content (AvgIpc) is 2.02. The topological polar surface area (TPSA) is 43.4 Å². The molecule has 0 aliphatic carbocycles. The smallest absolute Gasteiger partial charge is 0.175 e. The van der Waals surface area contributed by atoms with Crippen LogP contribution in [-0.2, 0) is 9.84 Å². The number of ether oxygens (including phenoxy) is 1. The van der Waals surface area contributed by atoms with Crippen molar-refractivity contribution in [3.8, 4) is 5.75 Å². The Morgan fingerprint density at radius 2 is 1.64 bits per heavy atom. The summed E-state index contributed by atoms with van der Waals surface area (Å²) in [6.45, 7) is 3.68. The van der Waals surface area contributed by atoms with Crippen LogP contribution in [0.2, 0.25) is 0 Å². The van der Waals surface area contributed by atoms with Gasteiger partial charge in [0, 0.05) is 6.26 Å². The van der Waals surface area contributed by atoms with Crippen molar-refractivity contribution >= 4 is 9.84 Å². The minimum absolute atomic E-state index is 0.304. The van der Waals surface area contributed by atoms with Crippen molar-refractivity contribution in [2.75, 3.05) is 6.26 Å². The molecule has 1 aromatic rings. The summed E-state index contributed by atoms with van der Waals surface area (Å²) in [6, 6.07) is 6.36. The van der Waals surface area contributed by atoms with E-state index in [1.54, 1.807) is 12.1 Å². The van der Waals surface area contributed by atoms with Crippen LogP contribution in [0.1, 0.15) is 13.8 Å². The van der Waals surface area contributed by atoms with Crippen molar-refractivity contribution in [2.45, 2.75) is 18.7 Å². The third-order valence-electron chi connectivity index (χ3n) is 1.57. The van der Waals surface area contributed by atoms with Crippen molar-refractivity contribution in [3.05, 3.63) is 30.4 Å². The summed E-state index contributed by atoms with van der Waals surface area (Å²) in [7, 11) is -3.11. The second-order valence-electron chi connectivity index (χ2n) is 3.25. The van der Waals surface area contributed by atoms with Crippen molar-refractivity contribution in [1.82, 2.24) is 0 Å². The zero-order chi connectivity index (χ0) is 10.8. The van der Waals surface area contributed by atoms with Gasteiger partial charge < -0.3 is 4.74 Å². The SMILES string of the molecule is C[C](C)Oc1ccc(S(C)(=O)=O)cc1. The molecule has 77 valence electrons. The molecule has 0 aliphatic heterocycles. The molecule has 1 radical (unpaired) electrons. The number of rotatable bonds is 3. The van der Waals surface area contributed by atoms with E-state index in [-0.39, 0.29) is 0 Å². The van der Waals surface area contributed by atoms with Crippen molar-refractivity contribution < 1.29 is 13.2 Å². The van der Waals surface area contributed by atoms with Gasteiger partial charge in [-0.15, -0.1) is 0 Å². The molecule has 1 rings (SSSR count). The Bertz CT molecular complexity index is 390. The molecule has 1 aromatic carbocycles. The third kappa shape index (κ3) is 3.03. The molecule has 0 atom stereocenters. The van der Waals surface area contributed by atoms with Gasteiger partial charge >= 0.3 is 0 Å². The number of benzene rings is 1. The Kier molecular flexibility index (Phi) is 3.16. The van der Waals surface area contributed by atoms with Gasteiger partial charge in [0.25, 0.3) is 0 Å².